The number of hydrogen-bond donors (Lipinski definition) is 2. The van der Waals surface area contributed by atoms with Gasteiger partial charge in [-0.2, -0.15) is 0 Å². The van der Waals surface area contributed by atoms with E-state index in [9.17, 15) is 8.42 Å². The molecule has 0 atom stereocenters. The van der Waals surface area contributed by atoms with Gasteiger partial charge in [-0.25, -0.2) is 8.42 Å². The van der Waals surface area contributed by atoms with Gasteiger partial charge in [0.1, 0.15) is 0 Å². The van der Waals surface area contributed by atoms with Crippen molar-refractivity contribution in [2.24, 2.45) is 0 Å². The van der Waals surface area contributed by atoms with E-state index in [0.717, 1.165) is 5.69 Å². The van der Waals surface area contributed by atoms with Crippen molar-refractivity contribution in [1.82, 2.24) is 0 Å². The highest BCUT2D eigenvalue weighted by Gasteiger charge is 2.15. The van der Waals surface area contributed by atoms with E-state index in [0.29, 0.717) is 6.54 Å². The van der Waals surface area contributed by atoms with Gasteiger partial charge in [-0.15, -0.1) is 0 Å². The molecule has 5 nitrogen and oxygen atoms in total. The van der Waals surface area contributed by atoms with Gasteiger partial charge in [0.25, 0.3) is 0 Å². The number of nitrogens with zero attached hydrogens (tertiary/aromatic N) is 1. The van der Waals surface area contributed by atoms with Crippen LogP contribution in [-0.2, 0) is 9.84 Å². The first-order chi connectivity index (χ1) is 7.92. The van der Waals surface area contributed by atoms with E-state index >= 15 is 0 Å². The number of nitrogen functional groups attached to an aromatic ring is 1. The number of nitrogens with two attached hydrogens (primary N) is 1. The molecule has 1 aromatic rings. The number of aliphatic hydroxyl groups is 1. The van der Waals surface area contributed by atoms with Crippen molar-refractivity contribution in [3.8, 4) is 0 Å². The lowest BCUT2D eigenvalue weighted by Crippen LogP contribution is -2.21. The molecule has 0 radical (unpaired) electrons. The lowest BCUT2D eigenvalue weighted by molar-refractivity contribution is 0.304. The van der Waals surface area contributed by atoms with Crippen LogP contribution >= 0.6 is 0 Å². The van der Waals surface area contributed by atoms with Crippen molar-refractivity contribution in [1.29, 1.82) is 0 Å². The number of aliphatic hydroxyl groups excluding tert-OH is 1. The summed E-state index contributed by atoms with van der Waals surface area (Å²) in [4.78, 5) is 1.97. The zero-order valence-electron chi connectivity index (χ0n) is 10.0. The molecule has 1 aromatic carbocycles. The first kappa shape index (κ1) is 13.8. The summed E-state index contributed by atoms with van der Waals surface area (Å²) in [5.74, 6) is 0.0308. The lowest BCUT2D eigenvalue weighted by atomic mass is 10.2. The molecule has 1 rings (SSSR count). The summed E-state index contributed by atoms with van der Waals surface area (Å²) >= 11 is 0. The van der Waals surface area contributed by atoms with E-state index in [1.807, 2.05) is 0 Å². The van der Waals surface area contributed by atoms with E-state index in [-0.39, 0.29) is 22.9 Å². The van der Waals surface area contributed by atoms with Crippen LogP contribution in [0.3, 0.4) is 0 Å². The fourth-order valence-corrected chi connectivity index (χ4v) is 2.50. The van der Waals surface area contributed by atoms with E-state index < -0.39 is 9.84 Å². The number of rotatable bonds is 5. The van der Waals surface area contributed by atoms with Crippen molar-refractivity contribution in [3.05, 3.63) is 18.2 Å². The highest BCUT2D eigenvalue weighted by molar-refractivity contribution is 7.91. The molecule has 0 aromatic heterocycles. The Kier molecular flexibility index (Phi) is 4.36. The van der Waals surface area contributed by atoms with E-state index in [4.69, 9.17) is 10.8 Å². The molecule has 0 fully saturated rings. The molecule has 6 heteroatoms. The van der Waals surface area contributed by atoms with Gasteiger partial charge >= 0.3 is 0 Å². The predicted octanol–water partition coefficient (Wildman–Crippen LogP) is 0.491. The van der Waals surface area contributed by atoms with E-state index in [1.165, 1.54) is 6.07 Å². The molecule has 0 aliphatic carbocycles. The largest absolute Gasteiger partial charge is 0.398 e. The van der Waals surface area contributed by atoms with Crippen molar-refractivity contribution < 1.29 is 13.5 Å². The Labute approximate surface area is 102 Å². The fraction of sp³-hybridized carbons (Fsp3) is 0.455. The third-order valence-electron chi connectivity index (χ3n) is 2.58. The van der Waals surface area contributed by atoms with Gasteiger partial charge in [-0.1, -0.05) is 6.92 Å². The Morgan fingerprint density at radius 3 is 2.53 bits per heavy atom. The first-order valence-corrected chi connectivity index (χ1v) is 7.02. The maximum Gasteiger partial charge on any atom is 0.180 e. The minimum atomic E-state index is -3.28. The van der Waals surface area contributed by atoms with Crippen molar-refractivity contribution >= 4 is 21.2 Å². The normalized spacial score (nSPS) is 11.5. The minimum Gasteiger partial charge on any atom is -0.398 e. The van der Waals surface area contributed by atoms with Crippen molar-refractivity contribution in [2.45, 2.75) is 11.8 Å². The second kappa shape index (κ2) is 5.37. The van der Waals surface area contributed by atoms with Gasteiger partial charge < -0.3 is 15.7 Å². The summed E-state index contributed by atoms with van der Waals surface area (Å²) in [6.07, 6.45) is 0. The maximum absolute atomic E-state index is 11.7. The molecule has 0 bridgehead atoms. The molecule has 0 spiro atoms. The third-order valence-corrected chi connectivity index (χ3v) is 4.39. The molecule has 0 aliphatic rings. The lowest BCUT2D eigenvalue weighted by Gasteiger charge is -2.19. The van der Waals surface area contributed by atoms with Gasteiger partial charge in [-0.05, 0) is 18.2 Å². The zero-order chi connectivity index (χ0) is 13.1. The van der Waals surface area contributed by atoms with Crippen LogP contribution in [-0.4, -0.2) is 39.5 Å². The average Bonchev–Trinajstić information content (AvgIpc) is 2.29. The van der Waals surface area contributed by atoms with E-state index in [2.05, 4.69) is 0 Å². The number of sulfone groups is 1. The minimum absolute atomic E-state index is 0.0308. The van der Waals surface area contributed by atoms with Gasteiger partial charge in [0.15, 0.2) is 9.84 Å². The fourth-order valence-electron chi connectivity index (χ4n) is 1.49. The van der Waals surface area contributed by atoms with Gasteiger partial charge in [-0.3, -0.25) is 0 Å². The molecule has 0 saturated carbocycles. The summed E-state index contributed by atoms with van der Waals surface area (Å²) in [6.45, 7) is 2.09. The number of likely N-dealkylation sites (N-methyl/N-ethyl adjacent to an activating group) is 1. The topological polar surface area (TPSA) is 83.6 Å². The van der Waals surface area contributed by atoms with Crippen LogP contribution < -0.4 is 10.6 Å². The molecule has 3 N–H and O–H groups in total. The molecule has 0 amide bonds. The summed E-state index contributed by atoms with van der Waals surface area (Å²) in [5.41, 5.74) is 6.78. The molecule has 17 heavy (non-hydrogen) atoms. The highest BCUT2D eigenvalue weighted by atomic mass is 32.2. The van der Waals surface area contributed by atoms with Crippen LogP contribution in [0.15, 0.2) is 23.1 Å². The number of anilines is 2. The van der Waals surface area contributed by atoms with Crippen LogP contribution in [0.2, 0.25) is 0 Å². The summed E-state index contributed by atoms with van der Waals surface area (Å²) < 4.78 is 23.4. The molecule has 0 aliphatic heterocycles. The summed E-state index contributed by atoms with van der Waals surface area (Å²) in [5, 5.41) is 8.82. The molecular formula is C11H18N2O3S. The standard InChI is InChI=1S/C11H18N2O3S/c1-3-17(15,16)11-5-4-9(8-10(11)12)13(2)6-7-14/h4-5,8,14H,3,6-7,12H2,1-2H3. The Hall–Kier alpha value is -1.27. The Bertz CT molecular complexity index is 485. The van der Waals surface area contributed by atoms with Gasteiger partial charge in [0.2, 0.25) is 0 Å². The second-order valence-electron chi connectivity index (χ2n) is 3.77. The molecule has 0 unspecified atom stereocenters. The van der Waals surface area contributed by atoms with Crippen LogP contribution in [0.25, 0.3) is 0 Å². The molecular weight excluding hydrogens is 240 g/mol. The summed E-state index contributed by atoms with van der Waals surface area (Å²) in [7, 11) is -1.47. The Morgan fingerprint density at radius 1 is 1.41 bits per heavy atom. The highest BCUT2D eigenvalue weighted by Crippen LogP contribution is 2.25. The molecule has 96 valence electrons. The Morgan fingerprint density at radius 2 is 2.06 bits per heavy atom. The third kappa shape index (κ3) is 3.10. The summed E-state index contributed by atoms with van der Waals surface area (Å²) in [6, 6.07) is 4.81. The van der Waals surface area contributed by atoms with Crippen molar-refractivity contribution in [2.75, 3.05) is 36.6 Å². The van der Waals surface area contributed by atoms with E-state index in [1.54, 1.807) is 31.0 Å². The number of benzene rings is 1. The zero-order valence-corrected chi connectivity index (χ0v) is 10.9. The monoisotopic (exact) mass is 258 g/mol. The molecule has 0 heterocycles. The molecule has 0 saturated heterocycles. The first-order valence-electron chi connectivity index (χ1n) is 5.36. The maximum atomic E-state index is 11.7. The quantitative estimate of drug-likeness (QED) is 0.751. The second-order valence-corrected chi connectivity index (χ2v) is 6.02. The van der Waals surface area contributed by atoms with Crippen LogP contribution in [0.1, 0.15) is 6.92 Å². The average molecular weight is 258 g/mol. The van der Waals surface area contributed by atoms with Crippen LogP contribution in [0.4, 0.5) is 11.4 Å². The Balaban J connectivity index is 3.11. The van der Waals surface area contributed by atoms with Gasteiger partial charge in [0.05, 0.1) is 22.9 Å². The van der Waals surface area contributed by atoms with Crippen molar-refractivity contribution in [3.63, 3.8) is 0 Å². The van der Waals surface area contributed by atoms with Gasteiger partial charge in [0, 0.05) is 19.3 Å². The predicted molar refractivity (Wildman–Crippen MR) is 68.9 cm³/mol. The SMILES string of the molecule is CCS(=O)(=O)c1ccc(N(C)CCO)cc1N. The van der Waals surface area contributed by atoms with Crippen LogP contribution in [0, 0.1) is 0 Å². The number of hydrogen-bond acceptors (Lipinski definition) is 5. The van der Waals surface area contributed by atoms with Crippen LogP contribution in [0.5, 0.6) is 0 Å². The smallest absolute Gasteiger partial charge is 0.180 e.